The topological polar surface area (TPSA) is 86.7 Å². The molecule has 1 heterocycles. The number of fused-ring (bicyclic) bond motifs is 5. The highest BCUT2D eigenvalue weighted by Gasteiger charge is 2.60. The number of allylic oxidation sites excluding steroid dienone is 2. The Morgan fingerprint density at radius 3 is 2.33 bits per heavy atom. The first-order valence-electron chi connectivity index (χ1n) is 8.13. The van der Waals surface area contributed by atoms with E-state index in [-0.39, 0.29) is 46.9 Å². The summed E-state index contributed by atoms with van der Waals surface area (Å²) in [5.74, 6) is -1.43. The van der Waals surface area contributed by atoms with Crippen LogP contribution in [0, 0.1) is 23.7 Å². The molecule has 1 saturated carbocycles. The van der Waals surface area contributed by atoms with Gasteiger partial charge in [0.25, 0.3) is 0 Å². The number of rotatable bonds is 3. The molecule has 0 radical (unpaired) electrons. The first-order chi connectivity index (χ1) is 11.5. The predicted octanol–water partition coefficient (Wildman–Crippen LogP) is 1.53. The average Bonchev–Trinajstić information content (AvgIpc) is 3.23. The zero-order valence-corrected chi connectivity index (χ0v) is 13.2. The van der Waals surface area contributed by atoms with E-state index >= 15 is 0 Å². The summed E-state index contributed by atoms with van der Waals surface area (Å²) in [5.41, 5.74) is 0.260. The van der Waals surface area contributed by atoms with E-state index in [2.05, 4.69) is 5.32 Å². The standard InChI is InChI=1S/C18H18N2O4/c1-9(16(22)19-12-4-2-3-5-13(12)21)20-17(23)14-10-6-7-11(8-10)15(14)18(20)24/h2-7,9-11,14-15,21H,8H2,1H3,(H,19,22)/t9-,10-,11-,14-,15+/m0/s1. The maximum absolute atomic E-state index is 12.7. The van der Waals surface area contributed by atoms with Crippen molar-refractivity contribution in [3.63, 3.8) is 0 Å². The largest absolute Gasteiger partial charge is 0.506 e. The molecule has 3 amide bonds. The summed E-state index contributed by atoms with van der Waals surface area (Å²) in [6.07, 6.45) is 4.90. The third-order valence-electron chi connectivity index (χ3n) is 5.43. The highest BCUT2D eigenvalue weighted by molar-refractivity contribution is 6.10. The molecule has 2 fully saturated rings. The molecule has 2 bridgehead atoms. The second-order valence-electron chi connectivity index (χ2n) is 6.73. The van der Waals surface area contributed by atoms with Gasteiger partial charge in [0.15, 0.2) is 0 Å². The van der Waals surface area contributed by atoms with Crippen LogP contribution in [0.2, 0.25) is 0 Å². The van der Waals surface area contributed by atoms with Crippen molar-refractivity contribution in [2.45, 2.75) is 19.4 Å². The van der Waals surface area contributed by atoms with Crippen LogP contribution in [0.5, 0.6) is 5.75 Å². The summed E-state index contributed by atoms with van der Waals surface area (Å²) in [6.45, 7) is 1.54. The third kappa shape index (κ3) is 1.99. The molecule has 0 unspecified atom stereocenters. The molecule has 5 atom stereocenters. The average molecular weight is 326 g/mol. The number of phenolic OH excluding ortho intramolecular Hbond substituents is 1. The number of amides is 3. The Labute approximate surface area is 139 Å². The third-order valence-corrected chi connectivity index (χ3v) is 5.43. The monoisotopic (exact) mass is 326 g/mol. The molecule has 2 aliphatic carbocycles. The van der Waals surface area contributed by atoms with Gasteiger partial charge < -0.3 is 10.4 Å². The van der Waals surface area contributed by atoms with E-state index in [0.29, 0.717) is 0 Å². The Hall–Kier alpha value is -2.63. The normalized spacial score (nSPS) is 31.5. The molecule has 1 saturated heterocycles. The first kappa shape index (κ1) is 14.9. The number of imide groups is 1. The van der Waals surface area contributed by atoms with E-state index in [9.17, 15) is 19.5 Å². The minimum Gasteiger partial charge on any atom is -0.506 e. The number of hydrogen-bond acceptors (Lipinski definition) is 4. The number of carbonyl (C=O) groups excluding carboxylic acids is 3. The summed E-state index contributed by atoms with van der Waals surface area (Å²) in [6, 6.07) is 5.44. The van der Waals surface area contributed by atoms with Gasteiger partial charge in [-0.2, -0.15) is 0 Å². The van der Waals surface area contributed by atoms with Crippen molar-refractivity contribution >= 4 is 23.4 Å². The Balaban J connectivity index is 1.54. The van der Waals surface area contributed by atoms with Crippen LogP contribution in [-0.4, -0.2) is 33.8 Å². The van der Waals surface area contributed by atoms with E-state index in [1.54, 1.807) is 25.1 Å². The zero-order chi connectivity index (χ0) is 17.0. The van der Waals surface area contributed by atoms with Crippen LogP contribution in [0.3, 0.4) is 0 Å². The Morgan fingerprint density at radius 2 is 1.75 bits per heavy atom. The molecule has 24 heavy (non-hydrogen) atoms. The van der Waals surface area contributed by atoms with Crippen molar-refractivity contribution in [2.75, 3.05) is 5.32 Å². The SMILES string of the molecule is C[C@@H](C(=O)Nc1ccccc1O)N1C(=O)[C@@H]2[C@H](C1=O)[C@H]1C=C[C@H]2C1. The number of phenols is 1. The number of para-hydroxylation sites is 2. The van der Waals surface area contributed by atoms with Crippen LogP contribution in [0.4, 0.5) is 5.69 Å². The van der Waals surface area contributed by atoms with Gasteiger partial charge in [-0.05, 0) is 37.3 Å². The van der Waals surface area contributed by atoms with Gasteiger partial charge in [0.1, 0.15) is 11.8 Å². The van der Waals surface area contributed by atoms with Crippen molar-refractivity contribution in [3.05, 3.63) is 36.4 Å². The van der Waals surface area contributed by atoms with Gasteiger partial charge in [0.05, 0.1) is 17.5 Å². The Bertz CT molecular complexity index is 742. The van der Waals surface area contributed by atoms with Gasteiger partial charge >= 0.3 is 0 Å². The zero-order valence-electron chi connectivity index (χ0n) is 13.2. The smallest absolute Gasteiger partial charge is 0.247 e. The second kappa shape index (κ2) is 5.19. The van der Waals surface area contributed by atoms with Gasteiger partial charge in [-0.15, -0.1) is 0 Å². The molecule has 1 aromatic rings. The number of likely N-dealkylation sites (tertiary alicyclic amines) is 1. The van der Waals surface area contributed by atoms with Gasteiger partial charge in [0.2, 0.25) is 17.7 Å². The second-order valence-corrected chi connectivity index (χ2v) is 6.73. The fourth-order valence-corrected chi connectivity index (χ4v) is 4.24. The van der Waals surface area contributed by atoms with Crippen molar-refractivity contribution < 1.29 is 19.5 Å². The molecule has 6 nitrogen and oxygen atoms in total. The number of carbonyl (C=O) groups is 3. The summed E-state index contributed by atoms with van der Waals surface area (Å²) >= 11 is 0. The molecular weight excluding hydrogens is 308 g/mol. The van der Waals surface area contributed by atoms with Crippen LogP contribution in [0.25, 0.3) is 0 Å². The summed E-state index contributed by atoms with van der Waals surface area (Å²) < 4.78 is 0. The van der Waals surface area contributed by atoms with E-state index in [1.165, 1.54) is 6.07 Å². The Kier molecular flexibility index (Phi) is 3.23. The number of benzene rings is 1. The van der Waals surface area contributed by atoms with Gasteiger partial charge in [-0.1, -0.05) is 24.3 Å². The van der Waals surface area contributed by atoms with Crippen LogP contribution in [0.1, 0.15) is 13.3 Å². The number of hydrogen-bond donors (Lipinski definition) is 2. The quantitative estimate of drug-likeness (QED) is 0.501. The fourth-order valence-electron chi connectivity index (χ4n) is 4.24. The number of aromatic hydroxyl groups is 1. The molecular formula is C18H18N2O4. The van der Waals surface area contributed by atoms with Gasteiger partial charge in [-0.25, -0.2) is 0 Å². The minimum atomic E-state index is -0.908. The molecule has 1 aromatic carbocycles. The van der Waals surface area contributed by atoms with E-state index < -0.39 is 11.9 Å². The highest BCUT2D eigenvalue weighted by atomic mass is 16.3. The van der Waals surface area contributed by atoms with Gasteiger partial charge in [-0.3, -0.25) is 19.3 Å². The maximum Gasteiger partial charge on any atom is 0.247 e. The van der Waals surface area contributed by atoms with Crippen molar-refractivity contribution in [2.24, 2.45) is 23.7 Å². The lowest BCUT2D eigenvalue weighted by molar-refractivity contribution is -0.146. The van der Waals surface area contributed by atoms with E-state index in [4.69, 9.17) is 0 Å². The van der Waals surface area contributed by atoms with E-state index in [1.807, 2.05) is 12.2 Å². The highest BCUT2D eigenvalue weighted by Crippen LogP contribution is 2.52. The number of nitrogens with one attached hydrogen (secondary N) is 1. The first-order valence-corrected chi connectivity index (χ1v) is 8.13. The van der Waals surface area contributed by atoms with Crippen LogP contribution in [0.15, 0.2) is 36.4 Å². The lowest BCUT2D eigenvalue weighted by atomic mass is 9.85. The van der Waals surface area contributed by atoms with Gasteiger partial charge in [0, 0.05) is 0 Å². The minimum absolute atomic E-state index is 0.0590. The van der Waals surface area contributed by atoms with Crippen molar-refractivity contribution in [1.82, 2.24) is 4.90 Å². The van der Waals surface area contributed by atoms with Crippen LogP contribution in [-0.2, 0) is 14.4 Å². The summed E-state index contributed by atoms with van der Waals surface area (Å²) in [7, 11) is 0. The molecule has 0 aromatic heterocycles. The molecule has 1 aliphatic heterocycles. The van der Waals surface area contributed by atoms with Crippen molar-refractivity contribution in [1.29, 1.82) is 0 Å². The lowest BCUT2D eigenvalue weighted by Crippen LogP contribution is -2.46. The molecule has 4 rings (SSSR count). The molecule has 2 N–H and O–H groups in total. The molecule has 0 spiro atoms. The molecule has 124 valence electrons. The number of anilines is 1. The molecule has 3 aliphatic rings. The summed E-state index contributed by atoms with van der Waals surface area (Å²) in [5, 5.41) is 12.3. The lowest BCUT2D eigenvalue weighted by Gasteiger charge is -2.24. The van der Waals surface area contributed by atoms with E-state index in [0.717, 1.165) is 11.3 Å². The molecule has 6 heteroatoms. The van der Waals surface area contributed by atoms with Crippen LogP contribution < -0.4 is 5.32 Å². The maximum atomic E-state index is 12.7. The number of nitrogens with zero attached hydrogens (tertiary/aromatic N) is 1. The Morgan fingerprint density at radius 1 is 1.17 bits per heavy atom. The fraction of sp³-hybridized carbons (Fsp3) is 0.389. The predicted molar refractivity (Wildman–Crippen MR) is 85.8 cm³/mol. The van der Waals surface area contributed by atoms with Crippen LogP contribution >= 0.6 is 0 Å². The van der Waals surface area contributed by atoms with Crippen molar-refractivity contribution in [3.8, 4) is 5.75 Å². The summed E-state index contributed by atoms with van der Waals surface area (Å²) in [4.78, 5) is 39.0.